The highest BCUT2D eigenvalue weighted by molar-refractivity contribution is 6.99. The summed E-state index contributed by atoms with van der Waals surface area (Å²) in [5.74, 6) is 0.858. The molecule has 0 amide bonds. The number of hydrogen-bond donors (Lipinski definition) is 0. The standard InChI is InChI=1S/C42H60O4Si2/c1-39(2,3)47(10,11)46-38-37(44-30-32-22-24-34(43-9)25-23-32)29-42(38,33-26-27-41(7,8)28-33)31-45-48(40(4,5)6,35-18-14-12-15-19-35)36-20-16-13-17-21-36/h12-26,37-38H,27-31H2,1-11H3/t37-,38-,42+/m1/s1. The largest absolute Gasteiger partial charge is 0.497 e. The first-order chi connectivity index (χ1) is 22.4. The van der Waals surface area contributed by atoms with Gasteiger partial charge in [-0.2, -0.15) is 0 Å². The number of methoxy groups -OCH3 is 1. The Labute approximate surface area is 293 Å². The van der Waals surface area contributed by atoms with Crippen molar-refractivity contribution in [1.82, 2.24) is 0 Å². The fourth-order valence-electron chi connectivity index (χ4n) is 7.52. The Kier molecular flexibility index (Phi) is 10.5. The lowest BCUT2D eigenvalue weighted by molar-refractivity contribution is -0.182. The Morgan fingerprint density at radius 3 is 1.79 bits per heavy atom. The molecule has 4 nitrogen and oxygen atoms in total. The summed E-state index contributed by atoms with van der Waals surface area (Å²) in [4.78, 5) is 0. The van der Waals surface area contributed by atoms with E-state index in [9.17, 15) is 0 Å². The molecule has 260 valence electrons. The van der Waals surface area contributed by atoms with Gasteiger partial charge >= 0.3 is 0 Å². The van der Waals surface area contributed by atoms with Crippen LogP contribution in [0.2, 0.25) is 23.2 Å². The highest BCUT2D eigenvalue weighted by Gasteiger charge is 2.62. The zero-order chi connectivity index (χ0) is 35.0. The monoisotopic (exact) mass is 684 g/mol. The van der Waals surface area contributed by atoms with Gasteiger partial charge in [0.2, 0.25) is 0 Å². The molecule has 2 aliphatic carbocycles. The summed E-state index contributed by atoms with van der Waals surface area (Å²) >= 11 is 0. The van der Waals surface area contributed by atoms with Gasteiger partial charge in [0.15, 0.2) is 8.32 Å². The summed E-state index contributed by atoms with van der Waals surface area (Å²) in [5, 5.41) is 2.59. The van der Waals surface area contributed by atoms with Gasteiger partial charge in [-0.15, -0.1) is 0 Å². The van der Waals surface area contributed by atoms with Crippen LogP contribution < -0.4 is 15.1 Å². The molecule has 0 aromatic heterocycles. The fourth-order valence-corrected chi connectivity index (χ4v) is 13.5. The molecule has 0 N–H and O–H groups in total. The molecule has 0 saturated heterocycles. The molecule has 1 saturated carbocycles. The predicted molar refractivity (Wildman–Crippen MR) is 205 cm³/mol. The van der Waals surface area contributed by atoms with Gasteiger partial charge in [-0.1, -0.05) is 140 Å². The third-order valence-electron chi connectivity index (χ3n) is 11.5. The van der Waals surface area contributed by atoms with Gasteiger partial charge in [0, 0.05) is 12.0 Å². The van der Waals surface area contributed by atoms with Crippen LogP contribution in [0.5, 0.6) is 5.75 Å². The van der Waals surface area contributed by atoms with Gasteiger partial charge in [-0.3, -0.25) is 0 Å². The molecule has 3 aromatic rings. The van der Waals surface area contributed by atoms with E-state index in [1.165, 1.54) is 15.9 Å². The van der Waals surface area contributed by atoms with Crippen LogP contribution in [0.3, 0.4) is 0 Å². The number of allylic oxidation sites excluding steroid dienone is 1. The molecule has 2 aliphatic rings. The highest BCUT2D eigenvalue weighted by Crippen LogP contribution is 2.58. The number of benzene rings is 3. The van der Waals surface area contributed by atoms with Crippen LogP contribution in [-0.4, -0.2) is 42.6 Å². The number of ether oxygens (including phenoxy) is 2. The molecule has 0 radical (unpaired) electrons. The van der Waals surface area contributed by atoms with Gasteiger partial charge < -0.3 is 18.3 Å². The lowest BCUT2D eigenvalue weighted by Crippen LogP contribution is -2.70. The highest BCUT2D eigenvalue weighted by atomic mass is 28.4. The second-order valence-electron chi connectivity index (χ2n) is 17.6. The molecule has 0 bridgehead atoms. The third-order valence-corrected chi connectivity index (χ3v) is 20.9. The van der Waals surface area contributed by atoms with Crippen LogP contribution in [0.25, 0.3) is 0 Å². The summed E-state index contributed by atoms with van der Waals surface area (Å²) in [7, 11) is -3.26. The van der Waals surface area contributed by atoms with Crippen LogP contribution in [0.1, 0.15) is 80.2 Å². The Bertz CT molecular complexity index is 1490. The maximum absolute atomic E-state index is 7.79. The van der Waals surface area contributed by atoms with E-state index in [1.807, 2.05) is 12.1 Å². The Hall–Kier alpha value is -2.49. The molecule has 1 fully saturated rings. The summed E-state index contributed by atoms with van der Waals surface area (Å²) in [6, 6.07) is 30.3. The van der Waals surface area contributed by atoms with E-state index >= 15 is 0 Å². The molecule has 0 spiro atoms. The van der Waals surface area contributed by atoms with E-state index in [4.69, 9.17) is 18.3 Å². The van der Waals surface area contributed by atoms with Gasteiger partial charge in [-0.25, -0.2) is 0 Å². The summed E-state index contributed by atoms with van der Waals surface area (Å²) in [5.41, 5.74) is 2.60. The maximum atomic E-state index is 7.79. The average Bonchev–Trinajstić information content (AvgIpc) is 3.40. The van der Waals surface area contributed by atoms with Crippen molar-refractivity contribution >= 4 is 27.0 Å². The van der Waals surface area contributed by atoms with E-state index in [1.54, 1.807) is 7.11 Å². The van der Waals surface area contributed by atoms with Crippen molar-refractivity contribution in [2.45, 2.75) is 117 Å². The molecule has 3 aromatic carbocycles. The van der Waals surface area contributed by atoms with E-state index in [2.05, 4.69) is 147 Å². The van der Waals surface area contributed by atoms with Crippen molar-refractivity contribution in [3.05, 3.63) is 102 Å². The second-order valence-corrected chi connectivity index (χ2v) is 26.6. The Morgan fingerprint density at radius 2 is 1.33 bits per heavy atom. The first-order valence-corrected chi connectivity index (χ1v) is 22.6. The third kappa shape index (κ3) is 7.20. The van der Waals surface area contributed by atoms with Crippen molar-refractivity contribution in [2.24, 2.45) is 10.8 Å². The number of hydrogen-bond acceptors (Lipinski definition) is 4. The minimum absolute atomic E-state index is 0.0198. The van der Waals surface area contributed by atoms with E-state index in [-0.39, 0.29) is 33.1 Å². The smallest absolute Gasteiger partial charge is 0.261 e. The molecule has 5 rings (SSSR count). The first-order valence-electron chi connectivity index (χ1n) is 17.8. The molecular weight excluding hydrogens is 625 g/mol. The zero-order valence-corrected chi connectivity index (χ0v) is 33.5. The van der Waals surface area contributed by atoms with Crippen molar-refractivity contribution in [2.75, 3.05) is 13.7 Å². The van der Waals surface area contributed by atoms with E-state index in [0.717, 1.165) is 30.6 Å². The van der Waals surface area contributed by atoms with Crippen LogP contribution in [0, 0.1) is 10.8 Å². The number of rotatable bonds is 12. The van der Waals surface area contributed by atoms with Crippen molar-refractivity contribution in [1.29, 1.82) is 0 Å². The van der Waals surface area contributed by atoms with Crippen LogP contribution in [0.15, 0.2) is 96.6 Å². The van der Waals surface area contributed by atoms with Gasteiger partial charge in [-0.05, 0) is 75.9 Å². The molecular formula is C42H60O4Si2. The second kappa shape index (κ2) is 13.7. The topological polar surface area (TPSA) is 36.9 Å². The SMILES string of the molecule is COc1ccc(CO[C@@H]2C[C@](CO[Si](c3ccccc3)(c3ccccc3)C(C)(C)C)(C3=CCC(C)(C)C3)[C@@H]2O[Si](C)(C)C(C)(C)C)cc1. The molecule has 0 heterocycles. The lowest BCUT2D eigenvalue weighted by Gasteiger charge is -2.59. The molecule has 6 heteroatoms. The van der Waals surface area contributed by atoms with E-state index in [0.29, 0.717) is 13.2 Å². The molecule has 3 atom stereocenters. The minimum Gasteiger partial charge on any atom is -0.497 e. The van der Waals surface area contributed by atoms with Gasteiger partial charge in [0.05, 0.1) is 25.9 Å². The van der Waals surface area contributed by atoms with Gasteiger partial charge in [0.25, 0.3) is 8.32 Å². The predicted octanol–water partition coefficient (Wildman–Crippen LogP) is 9.68. The van der Waals surface area contributed by atoms with Crippen LogP contribution in [-0.2, 0) is 20.2 Å². The fraction of sp³-hybridized carbons (Fsp3) is 0.524. The van der Waals surface area contributed by atoms with Gasteiger partial charge in [0.1, 0.15) is 5.75 Å². The van der Waals surface area contributed by atoms with Crippen LogP contribution >= 0.6 is 0 Å². The van der Waals surface area contributed by atoms with Crippen molar-refractivity contribution < 1.29 is 18.3 Å². The summed E-state index contributed by atoms with van der Waals surface area (Å²) in [6.45, 7) is 24.8. The van der Waals surface area contributed by atoms with E-state index < -0.39 is 16.6 Å². The Morgan fingerprint density at radius 1 is 0.771 bits per heavy atom. The van der Waals surface area contributed by atoms with Crippen molar-refractivity contribution in [3.63, 3.8) is 0 Å². The Balaban J connectivity index is 1.58. The minimum atomic E-state index is -2.78. The molecule has 48 heavy (non-hydrogen) atoms. The summed E-state index contributed by atoms with van der Waals surface area (Å²) in [6.07, 6.45) is 5.44. The zero-order valence-electron chi connectivity index (χ0n) is 31.5. The quantitative estimate of drug-likeness (QED) is 0.141. The van der Waals surface area contributed by atoms with Crippen molar-refractivity contribution in [3.8, 4) is 5.75 Å². The lowest BCUT2D eigenvalue weighted by atomic mass is 9.59. The average molecular weight is 685 g/mol. The van der Waals surface area contributed by atoms with Crippen LogP contribution in [0.4, 0.5) is 0 Å². The maximum Gasteiger partial charge on any atom is 0.261 e. The molecule has 0 unspecified atom stereocenters. The molecule has 0 aliphatic heterocycles. The normalized spacial score (nSPS) is 23.0. The first kappa shape index (κ1) is 36.8. The summed E-state index contributed by atoms with van der Waals surface area (Å²) < 4.78 is 27.5.